The van der Waals surface area contributed by atoms with Crippen LogP contribution in [0, 0.1) is 11.6 Å². The molecule has 1 aliphatic heterocycles. The van der Waals surface area contributed by atoms with E-state index in [0.717, 1.165) is 39.1 Å². The molecule has 0 saturated carbocycles. The standard InChI is InChI=1S/C12H13F2NO2/c1-17-12(16)10-8(13)4-5-9(11(10)14)15-6-2-3-7-15/h4-5H,2-3,6-7H2,1H3. The predicted octanol–water partition coefficient (Wildman–Crippen LogP) is 2.35. The minimum absolute atomic E-state index is 0.268. The quantitative estimate of drug-likeness (QED) is 0.744. The molecule has 0 aromatic heterocycles. The molecule has 92 valence electrons. The average molecular weight is 241 g/mol. The Morgan fingerprint density at radius 2 is 1.94 bits per heavy atom. The Morgan fingerprint density at radius 3 is 2.53 bits per heavy atom. The summed E-state index contributed by atoms with van der Waals surface area (Å²) in [5, 5.41) is 0. The van der Waals surface area contributed by atoms with Gasteiger partial charge in [-0.25, -0.2) is 13.6 Å². The van der Waals surface area contributed by atoms with E-state index in [2.05, 4.69) is 4.74 Å². The zero-order valence-electron chi connectivity index (χ0n) is 9.50. The Kier molecular flexibility index (Phi) is 3.26. The normalized spacial score (nSPS) is 15.1. The van der Waals surface area contributed by atoms with Crippen molar-refractivity contribution in [2.24, 2.45) is 0 Å². The summed E-state index contributed by atoms with van der Waals surface area (Å²) in [5.74, 6) is -2.71. The van der Waals surface area contributed by atoms with Gasteiger partial charge in [0.25, 0.3) is 0 Å². The molecule has 1 aromatic carbocycles. The lowest BCUT2D eigenvalue weighted by atomic mass is 10.1. The van der Waals surface area contributed by atoms with Crippen LogP contribution < -0.4 is 4.90 Å². The van der Waals surface area contributed by atoms with Crippen LogP contribution in [-0.4, -0.2) is 26.2 Å². The fourth-order valence-electron chi connectivity index (χ4n) is 2.03. The van der Waals surface area contributed by atoms with Crippen molar-refractivity contribution >= 4 is 11.7 Å². The molecule has 1 aromatic rings. The Hall–Kier alpha value is -1.65. The largest absolute Gasteiger partial charge is 0.465 e. The van der Waals surface area contributed by atoms with E-state index >= 15 is 0 Å². The third-order valence-electron chi connectivity index (χ3n) is 2.91. The molecule has 17 heavy (non-hydrogen) atoms. The van der Waals surface area contributed by atoms with Crippen LogP contribution in [-0.2, 0) is 4.74 Å². The third-order valence-corrected chi connectivity index (χ3v) is 2.91. The molecule has 5 heteroatoms. The van der Waals surface area contributed by atoms with Gasteiger partial charge in [0.2, 0.25) is 0 Å². The van der Waals surface area contributed by atoms with Gasteiger partial charge < -0.3 is 9.64 Å². The first-order chi connectivity index (χ1) is 8.15. The summed E-state index contributed by atoms with van der Waals surface area (Å²) in [6.45, 7) is 1.45. The van der Waals surface area contributed by atoms with E-state index in [1.807, 2.05) is 0 Å². The maximum absolute atomic E-state index is 14.0. The minimum Gasteiger partial charge on any atom is -0.465 e. The number of ether oxygens (including phenoxy) is 1. The Morgan fingerprint density at radius 1 is 1.29 bits per heavy atom. The molecular formula is C12H13F2NO2. The Bertz CT molecular complexity index is 442. The molecule has 1 heterocycles. The van der Waals surface area contributed by atoms with Gasteiger partial charge in [-0.2, -0.15) is 0 Å². The van der Waals surface area contributed by atoms with Crippen LogP contribution in [0.15, 0.2) is 12.1 Å². The molecule has 3 nitrogen and oxygen atoms in total. The van der Waals surface area contributed by atoms with E-state index in [9.17, 15) is 13.6 Å². The van der Waals surface area contributed by atoms with Crippen LogP contribution in [0.4, 0.5) is 14.5 Å². The molecule has 0 atom stereocenters. The van der Waals surface area contributed by atoms with Gasteiger partial charge in [0, 0.05) is 13.1 Å². The number of esters is 1. The summed E-state index contributed by atoms with van der Waals surface area (Å²) in [5.41, 5.74) is -0.346. The summed E-state index contributed by atoms with van der Waals surface area (Å²) in [7, 11) is 1.10. The minimum atomic E-state index is -0.985. The maximum atomic E-state index is 14.0. The smallest absolute Gasteiger partial charge is 0.343 e. The number of carbonyl (C=O) groups excluding carboxylic acids is 1. The predicted molar refractivity (Wildman–Crippen MR) is 59.1 cm³/mol. The molecule has 0 bridgehead atoms. The number of anilines is 1. The number of hydrogen-bond acceptors (Lipinski definition) is 3. The molecule has 2 rings (SSSR count). The second-order valence-electron chi connectivity index (χ2n) is 3.94. The Labute approximate surface area is 98.0 Å². The van der Waals surface area contributed by atoms with Gasteiger partial charge in [0.1, 0.15) is 11.4 Å². The molecule has 0 aliphatic carbocycles. The number of methoxy groups -OCH3 is 1. The fraction of sp³-hybridized carbons (Fsp3) is 0.417. The summed E-state index contributed by atoms with van der Waals surface area (Å²) in [6.07, 6.45) is 1.95. The van der Waals surface area contributed by atoms with Gasteiger partial charge in [0.05, 0.1) is 12.8 Å². The highest BCUT2D eigenvalue weighted by molar-refractivity contribution is 5.91. The molecule has 0 spiro atoms. The summed E-state index contributed by atoms with van der Waals surface area (Å²) < 4.78 is 31.8. The van der Waals surface area contributed by atoms with Gasteiger partial charge in [-0.1, -0.05) is 0 Å². The van der Waals surface area contributed by atoms with Crippen LogP contribution in [0.1, 0.15) is 23.2 Å². The molecule has 0 radical (unpaired) electrons. The number of hydrogen-bond donors (Lipinski definition) is 0. The van der Waals surface area contributed by atoms with E-state index in [1.54, 1.807) is 4.90 Å². The van der Waals surface area contributed by atoms with Crippen molar-refractivity contribution in [3.8, 4) is 0 Å². The van der Waals surface area contributed by atoms with Gasteiger partial charge >= 0.3 is 5.97 Å². The first kappa shape index (κ1) is 11.8. The lowest BCUT2D eigenvalue weighted by Gasteiger charge is -2.19. The van der Waals surface area contributed by atoms with E-state index < -0.39 is 23.2 Å². The number of benzene rings is 1. The lowest BCUT2D eigenvalue weighted by molar-refractivity contribution is 0.0590. The first-order valence-corrected chi connectivity index (χ1v) is 5.46. The first-order valence-electron chi connectivity index (χ1n) is 5.46. The van der Waals surface area contributed by atoms with Crippen LogP contribution in [0.3, 0.4) is 0 Å². The number of rotatable bonds is 2. The zero-order chi connectivity index (χ0) is 12.4. The average Bonchev–Trinajstić information content (AvgIpc) is 2.82. The van der Waals surface area contributed by atoms with Crippen molar-refractivity contribution in [2.45, 2.75) is 12.8 Å². The van der Waals surface area contributed by atoms with Crippen LogP contribution in [0.5, 0.6) is 0 Å². The summed E-state index contributed by atoms with van der Waals surface area (Å²) in [4.78, 5) is 13.1. The molecule has 1 aliphatic rings. The van der Waals surface area contributed by atoms with Gasteiger partial charge in [-0.15, -0.1) is 0 Å². The summed E-state index contributed by atoms with van der Waals surface area (Å²) in [6, 6.07) is 2.46. The number of halogens is 2. The van der Waals surface area contributed by atoms with Gasteiger partial charge in [-0.05, 0) is 25.0 Å². The molecule has 0 N–H and O–H groups in total. The van der Waals surface area contributed by atoms with E-state index in [-0.39, 0.29) is 5.69 Å². The zero-order valence-corrected chi connectivity index (χ0v) is 9.50. The van der Waals surface area contributed by atoms with E-state index in [0.29, 0.717) is 0 Å². The van der Waals surface area contributed by atoms with Crippen molar-refractivity contribution in [3.05, 3.63) is 29.3 Å². The molecule has 1 fully saturated rings. The lowest BCUT2D eigenvalue weighted by Crippen LogP contribution is -2.21. The highest BCUT2D eigenvalue weighted by atomic mass is 19.1. The SMILES string of the molecule is COC(=O)c1c(F)ccc(N2CCCC2)c1F. The number of nitrogens with zero attached hydrogens (tertiary/aromatic N) is 1. The highest BCUT2D eigenvalue weighted by Crippen LogP contribution is 2.27. The maximum Gasteiger partial charge on any atom is 0.343 e. The second kappa shape index (κ2) is 4.69. The van der Waals surface area contributed by atoms with Crippen molar-refractivity contribution in [1.82, 2.24) is 0 Å². The highest BCUT2D eigenvalue weighted by Gasteiger charge is 2.24. The second-order valence-corrected chi connectivity index (χ2v) is 3.94. The summed E-state index contributed by atoms with van der Waals surface area (Å²) >= 11 is 0. The van der Waals surface area contributed by atoms with Crippen molar-refractivity contribution in [1.29, 1.82) is 0 Å². The van der Waals surface area contributed by atoms with Crippen molar-refractivity contribution in [3.63, 3.8) is 0 Å². The number of carbonyl (C=O) groups is 1. The fourth-order valence-corrected chi connectivity index (χ4v) is 2.03. The van der Waals surface area contributed by atoms with Crippen LogP contribution in [0.25, 0.3) is 0 Å². The van der Waals surface area contributed by atoms with Crippen LogP contribution in [0.2, 0.25) is 0 Å². The van der Waals surface area contributed by atoms with Crippen molar-refractivity contribution in [2.75, 3.05) is 25.1 Å². The molecule has 0 unspecified atom stereocenters. The van der Waals surface area contributed by atoms with Gasteiger partial charge in [-0.3, -0.25) is 0 Å². The molecule has 0 amide bonds. The van der Waals surface area contributed by atoms with E-state index in [4.69, 9.17) is 0 Å². The molecular weight excluding hydrogens is 228 g/mol. The Balaban J connectivity index is 2.45. The van der Waals surface area contributed by atoms with Crippen molar-refractivity contribution < 1.29 is 18.3 Å². The third kappa shape index (κ3) is 2.09. The monoisotopic (exact) mass is 241 g/mol. The van der Waals surface area contributed by atoms with E-state index in [1.165, 1.54) is 6.07 Å². The van der Waals surface area contributed by atoms with Crippen LogP contribution >= 0.6 is 0 Å². The topological polar surface area (TPSA) is 29.5 Å². The van der Waals surface area contributed by atoms with Gasteiger partial charge in [0.15, 0.2) is 5.82 Å². The molecule has 1 saturated heterocycles.